The molecule has 0 bridgehead atoms. The summed E-state index contributed by atoms with van der Waals surface area (Å²) in [6, 6.07) is 104. The lowest BCUT2D eigenvalue weighted by molar-refractivity contribution is 1.18. The molecule has 0 saturated carbocycles. The summed E-state index contributed by atoms with van der Waals surface area (Å²) in [5, 5.41) is 3.81. The van der Waals surface area contributed by atoms with E-state index in [2.05, 4.69) is 100 Å². The highest BCUT2D eigenvalue weighted by Crippen LogP contribution is 2.46. The second-order valence-corrected chi connectivity index (χ2v) is 24.1. The van der Waals surface area contributed by atoms with Gasteiger partial charge in [0.25, 0.3) is 0 Å². The standard InChI is InChI=1S/2C48H34N2/c2*1-4-16-36(17-5-1)41-22-10-13-25-45(41)49(39-20-8-3-9-21-39)40-31-28-35(29-32-40)38-30-33-48-44(34-38)43-24-12-15-27-47(43)50(48)46-26-14-11-23-42(46)37-18-6-2-7-19-37/h2*1-34H/i3D,8D,9D,20D,21D,28D,29D,31D,32D;28D,29D,31D,32D. The summed E-state index contributed by atoms with van der Waals surface area (Å²) in [6.07, 6.45) is 0. The first kappa shape index (κ1) is 47.6. The molecule has 18 aromatic rings. The van der Waals surface area contributed by atoms with E-state index in [0.29, 0.717) is 22.4 Å². The Morgan fingerprint density at radius 2 is 0.510 bits per heavy atom. The molecular formula is C96H68N4. The van der Waals surface area contributed by atoms with Gasteiger partial charge < -0.3 is 18.9 Å². The molecule has 18 rings (SSSR count). The third-order valence-corrected chi connectivity index (χ3v) is 18.2. The first-order valence-corrected chi connectivity index (χ1v) is 33.2. The van der Waals surface area contributed by atoms with E-state index in [0.717, 1.165) is 105 Å². The lowest BCUT2D eigenvalue weighted by Gasteiger charge is -2.28. The highest BCUT2D eigenvalue weighted by molar-refractivity contribution is 6.12. The molecule has 2 heterocycles. The van der Waals surface area contributed by atoms with Gasteiger partial charge in [0, 0.05) is 66.5 Å². The second kappa shape index (κ2) is 27.1. The summed E-state index contributed by atoms with van der Waals surface area (Å²) in [5.74, 6) is 0. The quantitative estimate of drug-likeness (QED) is 0.108. The van der Waals surface area contributed by atoms with Crippen LogP contribution in [0.4, 0.5) is 34.1 Å². The van der Waals surface area contributed by atoms with Crippen molar-refractivity contribution < 1.29 is 17.8 Å². The zero-order chi connectivity index (χ0) is 77.9. The Kier molecular flexibility index (Phi) is 12.9. The predicted molar refractivity (Wildman–Crippen MR) is 424 cm³/mol. The summed E-state index contributed by atoms with van der Waals surface area (Å²) < 4.78 is 124. The molecule has 0 saturated heterocycles. The summed E-state index contributed by atoms with van der Waals surface area (Å²) in [5.41, 5.74) is 16.4. The zero-order valence-electron chi connectivity index (χ0n) is 67.0. The minimum Gasteiger partial charge on any atom is -0.310 e. The van der Waals surface area contributed by atoms with Crippen LogP contribution >= 0.6 is 0 Å². The van der Waals surface area contributed by atoms with E-state index in [4.69, 9.17) is 6.85 Å². The van der Waals surface area contributed by atoms with Crippen molar-refractivity contribution in [2.45, 2.75) is 0 Å². The van der Waals surface area contributed by atoms with Crippen molar-refractivity contribution in [1.29, 1.82) is 0 Å². The van der Waals surface area contributed by atoms with Crippen molar-refractivity contribution in [1.82, 2.24) is 9.13 Å². The molecule has 0 fully saturated rings. The average molecular weight is 1290 g/mol. The van der Waals surface area contributed by atoms with Crippen LogP contribution in [0.3, 0.4) is 0 Å². The van der Waals surface area contributed by atoms with Gasteiger partial charge in [-0.15, -0.1) is 0 Å². The molecule has 0 unspecified atom stereocenters. The molecule has 0 amide bonds. The zero-order valence-corrected chi connectivity index (χ0v) is 54.0. The number of fused-ring (bicyclic) bond motifs is 6. The number of rotatable bonds is 14. The highest BCUT2D eigenvalue weighted by Gasteiger charge is 2.22. The minimum absolute atomic E-state index is 0.0736. The van der Waals surface area contributed by atoms with Crippen LogP contribution in [0.2, 0.25) is 0 Å². The van der Waals surface area contributed by atoms with Crippen LogP contribution in [0.25, 0.3) is 122 Å². The van der Waals surface area contributed by atoms with Crippen LogP contribution in [0, 0.1) is 0 Å². The number of nitrogens with zero attached hydrogens (tertiary/aromatic N) is 4. The van der Waals surface area contributed by atoms with E-state index in [1.807, 2.05) is 229 Å². The number of aromatic nitrogens is 2. The Morgan fingerprint density at radius 3 is 0.930 bits per heavy atom. The van der Waals surface area contributed by atoms with Crippen LogP contribution in [0.1, 0.15) is 17.8 Å². The van der Waals surface area contributed by atoms with Crippen LogP contribution in [-0.2, 0) is 0 Å². The summed E-state index contributed by atoms with van der Waals surface area (Å²) in [7, 11) is 0. The van der Waals surface area contributed by atoms with E-state index >= 15 is 0 Å². The van der Waals surface area contributed by atoms with Crippen LogP contribution in [-0.4, -0.2) is 9.13 Å². The molecule has 0 aliphatic heterocycles. The fourth-order valence-corrected chi connectivity index (χ4v) is 13.7. The molecule has 0 aliphatic carbocycles. The monoisotopic (exact) mass is 1290 g/mol. The number of hydrogen-bond acceptors (Lipinski definition) is 2. The Bertz CT molecular complexity index is 6650. The van der Waals surface area contributed by atoms with E-state index in [9.17, 15) is 11.0 Å². The van der Waals surface area contributed by atoms with Crippen LogP contribution in [0.5, 0.6) is 0 Å². The Balaban J connectivity index is 0.000000164. The van der Waals surface area contributed by atoms with E-state index in [-0.39, 0.29) is 64.4 Å². The van der Waals surface area contributed by atoms with Gasteiger partial charge >= 0.3 is 0 Å². The topological polar surface area (TPSA) is 16.3 Å². The molecule has 0 radical (unpaired) electrons. The number of hydrogen-bond donors (Lipinski definition) is 0. The average Bonchev–Trinajstić information content (AvgIpc) is 1.72. The molecule has 16 aromatic carbocycles. The summed E-state index contributed by atoms with van der Waals surface area (Å²) in [6.45, 7) is 0. The molecular weight excluding hydrogens is 1210 g/mol. The van der Waals surface area contributed by atoms with Crippen molar-refractivity contribution in [3.63, 3.8) is 0 Å². The number of anilines is 6. The molecule has 472 valence electrons. The van der Waals surface area contributed by atoms with E-state index in [1.165, 1.54) is 4.90 Å². The number of benzene rings is 16. The maximum Gasteiger partial charge on any atom is 0.0645 e. The maximum absolute atomic E-state index is 9.54. The van der Waals surface area contributed by atoms with E-state index < -0.39 is 42.3 Å². The van der Waals surface area contributed by atoms with Crippen LogP contribution in [0.15, 0.2) is 412 Å². The Morgan fingerprint density at radius 1 is 0.200 bits per heavy atom. The van der Waals surface area contributed by atoms with Gasteiger partial charge in [0.1, 0.15) is 0 Å². The third kappa shape index (κ3) is 11.6. The van der Waals surface area contributed by atoms with Gasteiger partial charge in [0.2, 0.25) is 0 Å². The molecule has 0 spiro atoms. The summed E-state index contributed by atoms with van der Waals surface area (Å²) in [4.78, 5) is 3.14. The second-order valence-electron chi connectivity index (χ2n) is 24.1. The van der Waals surface area contributed by atoms with Crippen LogP contribution < -0.4 is 9.80 Å². The highest BCUT2D eigenvalue weighted by atomic mass is 15.2. The van der Waals surface area contributed by atoms with Gasteiger partial charge in [-0.25, -0.2) is 0 Å². The van der Waals surface area contributed by atoms with Gasteiger partial charge in [-0.1, -0.05) is 303 Å². The number of para-hydroxylation sites is 8. The van der Waals surface area contributed by atoms with Crippen molar-refractivity contribution in [3.05, 3.63) is 412 Å². The predicted octanol–water partition coefficient (Wildman–Crippen LogP) is 26.5. The maximum atomic E-state index is 9.54. The normalized spacial score (nSPS) is 13.0. The minimum atomic E-state index is -0.589. The van der Waals surface area contributed by atoms with E-state index in [1.54, 1.807) is 18.2 Å². The molecule has 2 aromatic heterocycles. The molecule has 0 N–H and O–H groups in total. The first-order valence-electron chi connectivity index (χ1n) is 39.7. The van der Waals surface area contributed by atoms with Gasteiger partial charge in [-0.05, 0) is 154 Å². The molecule has 100 heavy (non-hydrogen) atoms. The molecule has 4 nitrogen and oxygen atoms in total. The van der Waals surface area contributed by atoms with Gasteiger partial charge in [0.15, 0.2) is 0 Å². The van der Waals surface area contributed by atoms with Crippen molar-refractivity contribution in [3.8, 4) is 78.1 Å². The summed E-state index contributed by atoms with van der Waals surface area (Å²) >= 11 is 0. The SMILES string of the molecule is [2H]c1c([2H])c(N(c2ccccc2)c2ccccc2-c2ccccc2)c([2H])c([2H])c1-c1ccc2c(c1)c1ccccc1n2-c1ccccc1-c1ccccc1.[2H]c1c([2H])c([2H])c(N(c2ccccc2-c2ccccc2)c2c([2H])c([2H])c(-c3ccc4c(c3)c3ccccc3n4-c3ccccc3-c3ccccc3)c([2H])c2[2H])c([2H])c1[2H]. The fourth-order valence-electron chi connectivity index (χ4n) is 13.7. The largest absolute Gasteiger partial charge is 0.310 e. The first-order chi connectivity index (χ1) is 55.1. The van der Waals surface area contributed by atoms with Crippen molar-refractivity contribution in [2.75, 3.05) is 9.80 Å². The van der Waals surface area contributed by atoms with Gasteiger partial charge in [-0.3, -0.25) is 0 Å². The third-order valence-electron chi connectivity index (χ3n) is 18.2. The van der Waals surface area contributed by atoms with Gasteiger partial charge in [-0.2, -0.15) is 0 Å². The van der Waals surface area contributed by atoms with Crippen molar-refractivity contribution in [2.24, 2.45) is 0 Å². The lowest BCUT2D eigenvalue weighted by Crippen LogP contribution is -2.11. The Hall–Kier alpha value is -13.3. The molecule has 4 heteroatoms. The molecule has 0 atom stereocenters. The fraction of sp³-hybridized carbons (Fsp3) is 0. The van der Waals surface area contributed by atoms with Gasteiger partial charge in [0.05, 0.1) is 62.6 Å². The molecule has 0 aliphatic rings. The smallest absolute Gasteiger partial charge is 0.0645 e. The Labute approximate surface area is 602 Å². The lowest BCUT2D eigenvalue weighted by atomic mass is 10.0. The van der Waals surface area contributed by atoms with Crippen molar-refractivity contribution >= 4 is 77.7 Å².